The van der Waals surface area contributed by atoms with Gasteiger partial charge in [-0.25, -0.2) is 0 Å². The minimum atomic E-state index is -4.20. The van der Waals surface area contributed by atoms with Crippen molar-refractivity contribution in [3.05, 3.63) is 0 Å². The van der Waals surface area contributed by atoms with E-state index < -0.39 is 12.8 Å². The highest BCUT2D eigenvalue weighted by atomic mass is 19.4. The van der Waals surface area contributed by atoms with Crippen molar-refractivity contribution in [3.8, 4) is 0 Å². The molecule has 1 rings (SSSR count). The highest BCUT2D eigenvalue weighted by Gasteiger charge is 2.27. The first kappa shape index (κ1) is 15.8. The maximum absolute atomic E-state index is 11.8. The van der Waals surface area contributed by atoms with Crippen LogP contribution in [0.25, 0.3) is 0 Å². The number of ether oxygens (including phenoxy) is 1. The van der Waals surface area contributed by atoms with Crippen molar-refractivity contribution in [1.82, 2.24) is 5.32 Å². The van der Waals surface area contributed by atoms with E-state index in [1.807, 2.05) is 0 Å². The van der Waals surface area contributed by atoms with Crippen molar-refractivity contribution in [3.63, 3.8) is 0 Å². The third kappa shape index (κ3) is 7.21. The van der Waals surface area contributed by atoms with Crippen molar-refractivity contribution in [1.29, 1.82) is 0 Å². The van der Waals surface area contributed by atoms with Gasteiger partial charge in [0.2, 0.25) is 0 Å². The van der Waals surface area contributed by atoms with Crippen LogP contribution in [0, 0.1) is 5.92 Å². The van der Waals surface area contributed by atoms with Gasteiger partial charge in [0, 0.05) is 12.6 Å². The van der Waals surface area contributed by atoms with E-state index in [0.29, 0.717) is 12.5 Å². The number of alkyl halides is 3. The van der Waals surface area contributed by atoms with Gasteiger partial charge in [0.15, 0.2) is 0 Å². The molecule has 0 bridgehead atoms. The summed E-state index contributed by atoms with van der Waals surface area (Å²) < 4.78 is 40.0. The number of hydrogen-bond donors (Lipinski definition) is 1. The molecule has 1 N–H and O–H groups in total. The SMILES string of the molecule is CCC1CCCC(NCCCOCC(F)(F)F)C1. The van der Waals surface area contributed by atoms with E-state index in [2.05, 4.69) is 17.0 Å². The minimum absolute atomic E-state index is 0.177. The molecule has 0 aromatic heterocycles. The lowest BCUT2D eigenvalue weighted by Crippen LogP contribution is -2.35. The molecule has 108 valence electrons. The highest BCUT2D eigenvalue weighted by molar-refractivity contribution is 4.77. The van der Waals surface area contributed by atoms with Crippen molar-refractivity contribution >= 4 is 0 Å². The summed E-state index contributed by atoms with van der Waals surface area (Å²) in [6, 6.07) is 0.548. The summed E-state index contributed by atoms with van der Waals surface area (Å²) >= 11 is 0. The Morgan fingerprint density at radius 2 is 2.06 bits per heavy atom. The Morgan fingerprint density at radius 1 is 1.28 bits per heavy atom. The Labute approximate surface area is 107 Å². The van der Waals surface area contributed by atoms with Crippen LogP contribution in [0.3, 0.4) is 0 Å². The van der Waals surface area contributed by atoms with Crippen molar-refractivity contribution < 1.29 is 17.9 Å². The van der Waals surface area contributed by atoms with Crippen molar-refractivity contribution in [2.45, 2.75) is 57.7 Å². The first-order valence-electron chi connectivity index (χ1n) is 6.89. The molecule has 2 unspecified atom stereocenters. The fraction of sp³-hybridized carbons (Fsp3) is 1.00. The van der Waals surface area contributed by atoms with E-state index in [-0.39, 0.29) is 6.61 Å². The van der Waals surface area contributed by atoms with E-state index >= 15 is 0 Å². The molecular weight excluding hydrogens is 243 g/mol. The molecular formula is C13H24F3NO. The quantitative estimate of drug-likeness (QED) is 0.713. The molecule has 0 radical (unpaired) electrons. The fourth-order valence-corrected chi connectivity index (χ4v) is 2.52. The smallest absolute Gasteiger partial charge is 0.372 e. The van der Waals surface area contributed by atoms with E-state index in [0.717, 1.165) is 12.5 Å². The van der Waals surface area contributed by atoms with Gasteiger partial charge in [0.1, 0.15) is 6.61 Å². The average molecular weight is 267 g/mol. The summed E-state index contributed by atoms with van der Waals surface area (Å²) in [5.41, 5.74) is 0. The first-order chi connectivity index (χ1) is 8.51. The number of rotatable bonds is 7. The molecule has 1 saturated carbocycles. The second-order valence-corrected chi connectivity index (χ2v) is 5.11. The van der Waals surface area contributed by atoms with Gasteiger partial charge in [0.05, 0.1) is 0 Å². The van der Waals surface area contributed by atoms with Gasteiger partial charge in [0.25, 0.3) is 0 Å². The van der Waals surface area contributed by atoms with E-state index in [4.69, 9.17) is 0 Å². The maximum atomic E-state index is 11.8. The molecule has 1 aliphatic rings. The van der Waals surface area contributed by atoms with Crippen LogP contribution in [0.2, 0.25) is 0 Å². The van der Waals surface area contributed by atoms with Crippen LogP contribution >= 0.6 is 0 Å². The third-order valence-electron chi connectivity index (χ3n) is 3.52. The second-order valence-electron chi connectivity index (χ2n) is 5.11. The molecule has 5 heteroatoms. The number of nitrogens with one attached hydrogen (secondary N) is 1. The predicted octanol–water partition coefficient (Wildman–Crippen LogP) is 3.51. The molecule has 1 aliphatic carbocycles. The molecule has 2 atom stereocenters. The summed E-state index contributed by atoms with van der Waals surface area (Å²) in [4.78, 5) is 0. The fourth-order valence-electron chi connectivity index (χ4n) is 2.52. The van der Waals surface area contributed by atoms with Crippen LogP contribution in [0.1, 0.15) is 45.4 Å². The molecule has 18 heavy (non-hydrogen) atoms. The Kier molecular flexibility index (Phi) is 7.00. The van der Waals surface area contributed by atoms with Crippen LogP contribution in [-0.4, -0.2) is 32.0 Å². The zero-order chi connectivity index (χ0) is 13.4. The highest BCUT2D eigenvalue weighted by Crippen LogP contribution is 2.26. The lowest BCUT2D eigenvalue weighted by molar-refractivity contribution is -0.173. The van der Waals surface area contributed by atoms with Gasteiger partial charge >= 0.3 is 6.18 Å². The van der Waals surface area contributed by atoms with Gasteiger partial charge in [-0.2, -0.15) is 13.2 Å². The maximum Gasteiger partial charge on any atom is 0.411 e. The molecule has 0 aliphatic heterocycles. The monoisotopic (exact) mass is 267 g/mol. The lowest BCUT2D eigenvalue weighted by Gasteiger charge is -2.29. The predicted molar refractivity (Wildman–Crippen MR) is 65.5 cm³/mol. The second kappa shape index (κ2) is 8.00. The molecule has 2 nitrogen and oxygen atoms in total. The molecule has 0 aromatic rings. The standard InChI is InChI=1S/C13H24F3NO/c1-2-11-5-3-6-12(9-11)17-7-4-8-18-10-13(14,15)16/h11-12,17H,2-10H2,1H3. The zero-order valence-electron chi connectivity index (χ0n) is 11.1. The summed E-state index contributed by atoms with van der Waals surface area (Å²) in [6.45, 7) is 2.02. The number of halogens is 3. The Morgan fingerprint density at radius 3 is 2.72 bits per heavy atom. The summed E-state index contributed by atoms with van der Waals surface area (Å²) in [5.74, 6) is 0.817. The first-order valence-corrected chi connectivity index (χ1v) is 6.89. The summed E-state index contributed by atoms with van der Waals surface area (Å²) in [7, 11) is 0. The Hall–Kier alpha value is -0.290. The topological polar surface area (TPSA) is 21.3 Å². The van der Waals surface area contributed by atoms with Crippen LogP contribution in [0.15, 0.2) is 0 Å². The largest absolute Gasteiger partial charge is 0.411 e. The molecule has 0 heterocycles. The third-order valence-corrected chi connectivity index (χ3v) is 3.52. The molecule has 0 saturated heterocycles. The zero-order valence-corrected chi connectivity index (χ0v) is 11.1. The van der Waals surface area contributed by atoms with Gasteiger partial charge in [-0.3, -0.25) is 0 Å². The average Bonchev–Trinajstić information content (AvgIpc) is 2.32. The van der Waals surface area contributed by atoms with Crippen molar-refractivity contribution in [2.24, 2.45) is 5.92 Å². The van der Waals surface area contributed by atoms with Gasteiger partial charge in [-0.1, -0.05) is 26.2 Å². The summed E-state index contributed by atoms with van der Waals surface area (Å²) in [5, 5.41) is 3.42. The number of hydrogen-bond acceptors (Lipinski definition) is 2. The molecule has 0 spiro atoms. The van der Waals surface area contributed by atoms with E-state index in [1.54, 1.807) is 0 Å². The van der Waals surface area contributed by atoms with Crippen LogP contribution < -0.4 is 5.32 Å². The van der Waals surface area contributed by atoms with E-state index in [1.165, 1.54) is 32.1 Å². The Bertz CT molecular complexity index is 221. The normalized spacial score (nSPS) is 25.3. The van der Waals surface area contributed by atoms with Crippen LogP contribution in [-0.2, 0) is 4.74 Å². The van der Waals surface area contributed by atoms with Gasteiger partial charge in [-0.15, -0.1) is 0 Å². The van der Waals surface area contributed by atoms with Crippen molar-refractivity contribution in [2.75, 3.05) is 19.8 Å². The summed E-state index contributed by atoms with van der Waals surface area (Å²) in [6.07, 6.45) is 2.66. The minimum Gasteiger partial charge on any atom is -0.372 e. The lowest BCUT2D eigenvalue weighted by atomic mass is 9.84. The Balaban J connectivity index is 1.97. The van der Waals surface area contributed by atoms with Crippen LogP contribution in [0.4, 0.5) is 13.2 Å². The molecule has 0 aromatic carbocycles. The van der Waals surface area contributed by atoms with Gasteiger partial charge in [-0.05, 0) is 31.7 Å². The van der Waals surface area contributed by atoms with Gasteiger partial charge < -0.3 is 10.1 Å². The molecule has 1 fully saturated rings. The molecule has 0 amide bonds. The van der Waals surface area contributed by atoms with Crippen LogP contribution in [0.5, 0.6) is 0 Å². The van der Waals surface area contributed by atoms with E-state index in [9.17, 15) is 13.2 Å².